The van der Waals surface area contributed by atoms with Crippen molar-refractivity contribution >= 4 is 40.3 Å². The fraction of sp³-hybridized carbons (Fsp3) is 0.350. The Morgan fingerprint density at radius 1 is 1.09 bits per heavy atom. The molecule has 0 spiro atoms. The second-order valence-corrected chi connectivity index (χ2v) is 7.34. The van der Waals surface area contributed by atoms with Crippen LogP contribution in [0.3, 0.4) is 0 Å². The van der Waals surface area contributed by atoms with Crippen molar-refractivity contribution in [3.63, 3.8) is 0 Å². The van der Waals surface area contributed by atoms with E-state index in [0.717, 1.165) is 4.90 Å². The van der Waals surface area contributed by atoms with Crippen molar-refractivity contribution < 1.29 is 31.1 Å². The van der Waals surface area contributed by atoms with Crippen molar-refractivity contribution in [3.8, 4) is 0 Å². The normalized spacial score (nSPS) is 14.0. The van der Waals surface area contributed by atoms with Crippen LogP contribution in [0.4, 0.5) is 43.5 Å². The lowest BCUT2D eigenvalue weighted by Gasteiger charge is -2.27. The molecule has 0 saturated carbocycles. The molecule has 0 atom stereocenters. The van der Waals surface area contributed by atoms with Crippen molar-refractivity contribution in [2.24, 2.45) is 0 Å². The van der Waals surface area contributed by atoms with Crippen LogP contribution in [0, 0.1) is 0 Å². The molecule has 172 valence electrons. The van der Waals surface area contributed by atoms with Gasteiger partial charge in [-0.15, -0.1) is 0 Å². The second kappa shape index (κ2) is 8.66. The van der Waals surface area contributed by atoms with Gasteiger partial charge < -0.3 is 5.32 Å². The number of hydrogen-bond acceptors (Lipinski definition) is 4. The largest absolute Gasteiger partial charge is 0.417 e. The number of thiocarbonyl (C=S) groups is 1. The van der Waals surface area contributed by atoms with E-state index in [4.69, 9.17) is 12.2 Å². The maximum Gasteiger partial charge on any atom is 0.417 e. The Morgan fingerprint density at radius 3 is 2.25 bits per heavy atom. The van der Waals surface area contributed by atoms with Gasteiger partial charge in [0.15, 0.2) is 0 Å². The number of pyridine rings is 1. The highest BCUT2D eigenvalue weighted by Crippen LogP contribution is 2.47. The number of carbonyl (C=O) groups excluding carboxylic acids is 1. The van der Waals surface area contributed by atoms with Crippen LogP contribution >= 0.6 is 12.2 Å². The molecule has 1 N–H and O–H groups in total. The van der Waals surface area contributed by atoms with Crippen LogP contribution in [0.5, 0.6) is 0 Å². The number of benzene rings is 1. The summed E-state index contributed by atoms with van der Waals surface area (Å²) in [5.74, 6) is -0.719. The molecule has 0 unspecified atom stereocenters. The summed E-state index contributed by atoms with van der Waals surface area (Å²) in [5.41, 5.74) is -4.37. The Kier molecular flexibility index (Phi) is 6.47. The minimum absolute atomic E-state index is 0.0613. The van der Waals surface area contributed by atoms with Crippen molar-refractivity contribution in [3.05, 3.63) is 47.2 Å². The minimum atomic E-state index is -5.31. The number of rotatable bonds is 4. The van der Waals surface area contributed by atoms with Crippen LogP contribution in [-0.2, 0) is 17.1 Å². The number of nitrogens with one attached hydrogen (secondary N) is 1. The van der Waals surface area contributed by atoms with E-state index in [1.54, 1.807) is 18.7 Å². The molecule has 12 heteroatoms. The van der Waals surface area contributed by atoms with Gasteiger partial charge in [-0.3, -0.25) is 14.6 Å². The zero-order valence-electron chi connectivity index (χ0n) is 16.9. The molecule has 0 saturated heterocycles. The number of alkyl halides is 6. The van der Waals surface area contributed by atoms with Gasteiger partial charge in [0.25, 0.3) is 0 Å². The third-order valence-electron chi connectivity index (χ3n) is 4.98. The van der Waals surface area contributed by atoms with Gasteiger partial charge in [0.05, 0.1) is 34.6 Å². The third-order valence-corrected chi connectivity index (χ3v) is 5.30. The topological polar surface area (TPSA) is 48.5 Å². The van der Waals surface area contributed by atoms with E-state index in [9.17, 15) is 31.1 Å². The predicted octanol–water partition coefficient (Wildman–Crippen LogP) is 5.23. The summed E-state index contributed by atoms with van der Waals surface area (Å²) in [7, 11) is 0. The van der Waals surface area contributed by atoms with E-state index in [1.807, 2.05) is 0 Å². The Bertz CT molecular complexity index is 1050. The molecule has 0 fully saturated rings. The summed E-state index contributed by atoms with van der Waals surface area (Å²) < 4.78 is 81.2. The molecular weight excluding hydrogens is 458 g/mol. The average molecular weight is 476 g/mol. The Hall–Kier alpha value is -2.73. The van der Waals surface area contributed by atoms with Gasteiger partial charge in [0.2, 0.25) is 5.91 Å². The number of carbonyl (C=O) groups is 1. The smallest absolute Gasteiger partial charge is 0.344 e. The van der Waals surface area contributed by atoms with E-state index < -0.39 is 35.1 Å². The monoisotopic (exact) mass is 476 g/mol. The first-order valence-electron chi connectivity index (χ1n) is 9.52. The molecule has 2 heterocycles. The number of fused-ring (bicyclic) bond motifs is 2. The predicted molar refractivity (Wildman–Crippen MR) is 111 cm³/mol. The van der Waals surface area contributed by atoms with E-state index >= 15 is 0 Å². The lowest BCUT2D eigenvalue weighted by atomic mass is 10.0. The number of anilines is 3. The van der Waals surface area contributed by atoms with E-state index in [1.165, 1.54) is 18.3 Å². The lowest BCUT2D eigenvalue weighted by Crippen LogP contribution is -2.38. The Balaban J connectivity index is 2.31. The standard InChI is InChI=1S/C20H18F6N4OS/c1-3-29(4-2)10-16(31)30-15-9-13(20(24,25)26)12(19(21,22)23)8-14(15)28-18(32)11-6-5-7-27-17(11)30/h5-9H,3-4,10H2,1-2H3,(H,28,32). The van der Waals surface area contributed by atoms with E-state index in [-0.39, 0.29) is 28.6 Å². The van der Waals surface area contributed by atoms with Crippen LogP contribution < -0.4 is 10.2 Å². The van der Waals surface area contributed by atoms with Gasteiger partial charge in [-0.1, -0.05) is 26.1 Å². The van der Waals surface area contributed by atoms with Crippen LogP contribution in [0.25, 0.3) is 0 Å². The first kappa shape index (κ1) is 23.9. The van der Waals surface area contributed by atoms with Crippen molar-refractivity contribution in [1.29, 1.82) is 0 Å². The Morgan fingerprint density at radius 2 is 1.69 bits per heavy atom. The number of hydrogen-bond donors (Lipinski definition) is 1. The van der Waals surface area contributed by atoms with Gasteiger partial charge in [-0.2, -0.15) is 26.3 Å². The number of nitrogens with zero attached hydrogens (tertiary/aromatic N) is 3. The molecule has 0 radical (unpaired) electrons. The van der Waals surface area contributed by atoms with Crippen LogP contribution in [0.15, 0.2) is 30.5 Å². The number of amides is 1. The van der Waals surface area contributed by atoms with Crippen molar-refractivity contribution in [1.82, 2.24) is 9.88 Å². The van der Waals surface area contributed by atoms with Crippen LogP contribution in [-0.4, -0.2) is 40.4 Å². The highest BCUT2D eigenvalue weighted by Gasteiger charge is 2.45. The fourth-order valence-corrected chi connectivity index (χ4v) is 3.63. The summed E-state index contributed by atoms with van der Waals surface area (Å²) in [6.07, 6.45) is -9.28. The molecule has 5 nitrogen and oxygen atoms in total. The number of likely N-dealkylation sites (N-methyl/N-ethyl adjacent to an activating group) is 1. The van der Waals surface area contributed by atoms with Crippen molar-refractivity contribution in [2.45, 2.75) is 26.2 Å². The van der Waals surface area contributed by atoms with Gasteiger partial charge >= 0.3 is 12.4 Å². The molecule has 2 aromatic rings. The Labute approximate surface area is 185 Å². The summed E-state index contributed by atoms with van der Waals surface area (Å²) in [4.78, 5) is 19.9. The molecule has 1 aliphatic rings. The molecule has 1 aliphatic heterocycles. The number of halogens is 6. The summed E-state index contributed by atoms with van der Waals surface area (Å²) >= 11 is 5.24. The van der Waals surface area contributed by atoms with E-state index in [0.29, 0.717) is 25.2 Å². The molecular formula is C20H18F6N4OS. The summed E-state index contributed by atoms with van der Waals surface area (Å²) in [5, 5.41) is 2.55. The summed E-state index contributed by atoms with van der Waals surface area (Å²) in [6, 6.07) is 3.63. The minimum Gasteiger partial charge on any atom is -0.344 e. The zero-order valence-corrected chi connectivity index (χ0v) is 17.8. The molecule has 0 aliphatic carbocycles. The number of aromatic nitrogens is 1. The quantitative estimate of drug-likeness (QED) is 0.484. The zero-order chi connectivity index (χ0) is 23.8. The van der Waals surface area contributed by atoms with E-state index in [2.05, 4.69) is 10.3 Å². The molecule has 1 amide bonds. The van der Waals surface area contributed by atoms with Gasteiger partial charge in [-0.25, -0.2) is 4.98 Å². The first-order chi connectivity index (χ1) is 14.9. The first-order valence-corrected chi connectivity index (χ1v) is 9.93. The molecule has 1 aromatic heterocycles. The third kappa shape index (κ3) is 4.56. The van der Waals surface area contributed by atoms with Gasteiger partial charge in [0, 0.05) is 6.20 Å². The average Bonchev–Trinajstić information content (AvgIpc) is 2.83. The lowest BCUT2D eigenvalue weighted by molar-refractivity contribution is -0.162. The fourth-order valence-electron chi connectivity index (χ4n) is 3.36. The van der Waals surface area contributed by atoms with Gasteiger partial charge in [0.1, 0.15) is 10.8 Å². The molecule has 32 heavy (non-hydrogen) atoms. The van der Waals surface area contributed by atoms with Gasteiger partial charge in [-0.05, 0) is 37.4 Å². The maximum atomic E-state index is 13.6. The summed E-state index contributed by atoms with van der Waals surface area (Å²) in [6.45, 7) is 4.38. The highest BCUT2D eigenvalue weighted by atomic mass is 32.1. The molecule has 0 bridgehead atoms. The van der Waals surface area contributed by atoms with Crippen LogP contribution in [0.2, 0.25) is 0 Å². The van der Waals surface area contributed by atoms with Crippen LogP contribution in [0.1, 0.15) is 30.5 Å². The van der Waals surface area contributed by atoms with Crippen molar-refractivity contribution in [2.75, 3.05) is 29.9 Å². The maximum absolute atomic E-state index is 13.6. The SMILES string of the molecule is CCN(CC)CC(=O)N1c2cc(C(F)(F)F)c(C(F)(F)F)cc2NC(=S)c2cccnc21. The molecule has 1 aromatic carbocycles. The molecule has 3 rings (SSSR count). The highest BCUT2D eigenvalue weighted by molar-refractivity contribution is 7.81. The second-order valence-electron chi connectivity index (χ2n) is 6.93.